The van der Waals surface area contributed by atoms with Gasteiger partial charge in [-0.25, -0.2) is 8.78 Å². The van der Waals surface area contributed by atoms with Crippen LogP contribution in [0.3, 0.4) is 0 Å². The maximum Gasteiger partial charge on any atom is 0.305 e. The first kappa shape index (κ1) is 23.2. The van der Waals surface area contributed by atoms with Gasteiger partial charge in [0.1, 0.15) is 0 Å². The number of nitrogens with zero attached hydrogens (tertiary/aromatic N) is 1. The van der Waals surface area contributed by atoms with Crippen LogP contribution in [0.25, 0.3) is 10.9 Å². The van der Waals surface area contributed by atoms with E-state index < -0.39 is 35.2 Å². The average Bonchev–Trinajstić information content (AvgIpc) is 3.00. The number of benzene rings is 2. The third kappa shape index (κ3) is 4.57. The molecule has 32 heavy (non-hydrogen) atoms. The summed E-state index contributed by atoms with van der Waals surface area (Å²) in [5, 5.41) is 21.0. The number of aromatic hydroxyl groups is 1. The summed E-state index contributed by atoms with van der Waals surface area (Å²) < 4.78 is 30.1. The molecule has 0 saturated carbocycles. The van der Waals surface area contributed by atoms with Crippen LogP contribution < -0.4 is 5.32 Å². The summed E-state index contributed by atoms with van der Waals surface area (Å²) >= 11 is 5.96. The molecule has 0 radical (unpaired) electrons. The molecule has 10 heteroatoms. The summed E-state index contributed by atoms with van der Waals surface area (Å²) in [7, 11) is 0. The van der Waals surface area contributed by atoms with Gasteiger partial charge in [-0.2, -0.15) is 0 Å². The van der Waals surface area contributed by atoms with Gasteiger partial charge in [0, 0.05) is 40.7 Å². The molecule has 0 atom stereocenters. The normalized spacial score (nSPS) is 11.0. The zero-order valence-corrected chi connectivity index (χ0v) is 17.7. The monoisotopic (exact) mass is 464 g/mol. The number of rotatable bonds is 7. The van der Waals surface area contributed by atoms with Crippen LogP contribution in [0.4, 0.5) is 8.78 Å². The molecule has 0 aliphatic rings. The van der Waals surface area contributed by atoms with Crippen LogP contribution in [0.2, 0.25) is 5.02 Å². The SMILES string of the molecule is Cc1c(CCC(=O)NCCC(=O)O)c2c(F)c(O)c(F)cc2n1C(=O)c1cccc(Cl)c1. The molecule has 0 saturated heterocycles. The van der Waals surface area contributed by atoms with Crippen molar-refractivity contribution in [1.29, 1.82) is 0 Å². The van der Waals surface area contributed by atoms with E-state index >= 15 is 0 Å². The summed E-state index contributed by atoms with van der Waals surface area (Å²) in [5.41, 5.74) is 0.606. The Morgan fingerprint density at radius 3 is 2.53 bits per heavy atom. The van der Waals surface area contributed by atoms with Crippen LogP contribution in [0.15, 0.2) is 30.3 Å². The zero-order valence-electron chi connectivity index (χ0n) is 16.9. The maximum atomic E-state index is 14.9. The average molecular weight is 465 g/mol. The lowest BCUT2D eigenvalue weighted by Crippen LogP contribution is -2.26. The molecule has 7 nitrogen and oxygen atoms in total. The Hall–Kier alpha value is -3.46. The highest BCUT2D eigenvalue weighted by Gasteiger charge is 2.26. The van der Waals surface area contributed by atoms with Gasteiger partial charge < -0.3 is 15.5 Å². The van der Waals surface area contributed by atoms with Crippen LogP contribution in [0.1, 0.15) is 34.5 Å². The molecule has 2 aromatic carbocycles. The number of nitrogens with one attached hydrogen (secondary N) is 1. The first-order valence-electron chi connectivity index (χ1n) is 9.61. The van der Waals surface area contributed by atoms with Crippen LogP contribution >= 0.6 is 11.6 Å². The van der Waals surface area contributed by atoms with E-state index in [1.165, 1.54) is 19.1 Å². The summed E-state index contributed by atoms with van der Waals surface area (Å²) in [4.78, 5) is 35.8. The number of carboxylic acids is 1. The summed E-state index contributed by atoms with van der Waals surface area (Å²) in [6, 6.07) is 6.91. The number of aryl methyl sites for hydroxylation is 1. The highest BCUT2D eigenvalue weighted by atomic mass is 35.5. The second-order valence-corrected chi connectivity index (χ2v) is 7.56. The lowest BCUT2D eigenvalue weighted by Gasteiger charge is -2.08. The van der Waals surface area contributed by atoms with Crippen LogP contribution in [-0.4, -0.2) is 39.1 Å². The minimum Gasteiger partial charge on any atom is -0.503 e. The quantitative estimate of drug-likeness (QED) is 0.493. The Kier molecular flexibility index (Phi) is 6.78. The fourth-order valence-electron chi connectivity index (χ4n) is 3.51. The standard InChI is InChI=1S/C22H19ClF2N2O5/c1-11-14(5-6-17(28)26-8-7-18(29)30)19-16(10-15(24)21(31)20(19)25)27(11)22(32)12-3-2-4-13(23)9-12/h2-4,9-10,31H,5-8H2,1H3,(H,26,28)(H,29,30). The van der Waals surface area contributed by atoms with Crippen LogP contribution in [0.5, 0.6) is 5.75 Å². The lowest BCUT2D eigenvalue weighted by atomic mass is 10.0. The van der Waals surface area contributed by atoms with Gasteiger partial charge in [-0.1, -0.05) is 17.7 Å². The molecule has 3 rings (SSSR count). The smallest absolute Gasteiger partial charge is 0.305 e. The Labute approximate surface area is 186 Å². The molecule has 1 heterocycles. The van der Waals surface area contributed by atoms with Gasteiger partial charge in [0.05, 0.1) is 11.9 Å². The van der Waals surface area contributed by atoms with E-state index in [0.717, 1.165) is 10.6 Å². The fourth-order valence-corrected chi connectivity index (χ4v) is 3.70. The highest BCUT2D eigenvalue weighted by Crippen LogP contribution is 2.35. The fraction of sp³-hybridized carbons (Fsp3) is 0.227. The minimum atomic E-state index is -1.23. The van der Waals surface area contributed by atoms with Crippen molar-refractivity contribution in [2.24, 2.45) is 0 Å². The molecule has 1 aromatic heterocycles. The number of phenolic OH excluding ortho intramolecular Hbond substituents is 1. The van der Waals surface area contributed by atoms with Crippen molar-refractivity contribution in [2.45, 2.75) is 26.2 Å². The van der Waals surface area contributed by atoms with Crippen molar-refractivity contribution in [3.63, 3.8) is 0 Å². The number of fused-ring (bicyclic) bond motifs is 1. The predicted molar refractivity (Wildman–Crippen MR) is 113 cm³/mol. The number of aromatic nitrogens is 1. The Morgan fingerprint density at radius 2 is 1.88 bits per heavy atom. The molecule has 0 aliphatic heterocycles. The number of halogens is 3. The van der Waals surface area contributed by atoms with Crippen molar-refractivity contribution in [2.75, 3.05) is 6.54 Å². The van der Waals surface area contributed by atoms with Crippen molar-refractivity contribution < 1.29 is 33.4 Å². The second kappa shape index (κ2) is 9.35. The first-order chi connectivity index (χ1) is 15.1. The molecule has 3 aromatic rings. The zero-order chi connectivity index (χ0) is 23.6. The van der Waals surface area contributed by atoms with Crippen molar-refractivity contribution >= 4 is 40.3 Å². The van der Waals surface area contributed by atoms with Gasteiger partial charge >= 0.3 is 5.97 Å². The summed E-state index contributed by atoms with van der Waals surface area (Å²) in [6.07, 6.45) is -0.415. The Balaban J connectivity index is 2.04. The van der Waals surface area contributed by atoms with Crippen molar-refractivity contribution in [3.8, 4) is 5.75 Å². The minimum absolute atomic E-state index is 0.0287. The molecular formula is C22H19ClF2N2O5. The van der Waals surface area contributed by atoms with Gasteiger partial charge in [-0.3, -0.25) is 19.0 Å². The van der Waals surface area contributed by atoms with Gasteiger partial charge in [-0.05, 0) is 37.1 Å². The first-order valence-corrected chi connectivity index (χ1v) is 9.99. The topological polar surface area (TPSA) is 109 Å². The molecule has 0 unspecified atom stereocenters. The second-order valence-electron chi connectivity index (χ2n) is 7.12. The number of carbonyl (C=O) groups excluding carboxylic acids is 2. The van der Waals surface area contributed by atoms with E-state index in [1.807, 2.05) is 0 Å². The molecule has 1 amide bonds. The highest BCUT2D eigenvalue weighted by molar-refractivity contribution is 6.31. The van der Waals surface area contributed by atoms with Crippen LogP contribution in [-0.2, 0) is 16.0 Å². The maximum absolute atomic E-state index is 14.9. The number of aliphatic carboxylic acids is 1. The third-order valence-electron chi connectivity index (χ3n) is 5.03. The Morgan fingerprint density at radius 1 is 1.16 bits per heavy atom. The molecule has 0 bridgehead atoms. The predicted octanol–water partition coefficient (Wildman–Crippen LogP) is 3.80. The number of hydrogen-bond donors (Lipinski definition) is 3. The number of hydrogen-bond acceptors (Lipinski definition) is 4. The van der Waals surface area contributed by atoms with E-state index in [1.54, 1.807) is 12.1 Å². The molecule has 168 valence electrons. The number of carboxylic acid groups (broad SMARTS) is 1. The molecule has 0 fully saturated rings. The summed E-state index contributed by atoms with van der Waals surface area (Å²) in [6.45, 7) is 1.46. The van der Waals surface area contributed by atoms with Crippen LogP contribution in [0, 0.1) is 18.6 Å². The van der Waals surface area contributed by atoms with Gasteiger partial charge in [0.15, 0.2) is 17.4 Å². The van der Waals surface area contributed by atoms with Gasteiger partial charge in [0.25, 0.3) is 5.91 Å². The third-order valence-corrected chi connectivity index (χ3v) is 5.26. The number of amides is 1. The largest absolute Gasteiger partial charge is 0.503 e. The summed E-state index contributed by atoms with van der Waals surface area (Å²) in [5.74, 6) is -5.77. The number of phenols is 1. The van der Waals surface area contributed by atoms with E-state index in [9.17, 15) is 28.3 Å². The van der Waals surface area contributed by atoms with E-state index in [0.29, 0.717) is 5.02 Å². The molecule has 0 spiro atoms. The van der Waals surface area contributed by atoms with Crippen molar-refractivity contribution in [3.05, 3.63) is 63.8 Å². The van der Waals surface area contributed by atoms with Gasteiger partial charge in [-0.15, -0.1) is 0 Å². The van der Waals surface area contributed by atoms with E-state index in [2.05, 4.69) is 5.32 Å². The number of carbonyl (C=O) groups is 3. The Bertz CT molecular complexity index is 1240. The van der Waals surface area contributed by atoms with Gasteiger partial charge in [0.2, 0.25) is 5.91 Å². The molecule has 3 N–H and O–H groups in total. The van der Waals surface area contributed by atoms with Crippen molar-refractivity contribution in [1.82, 2.24) is 9.88 Å². The molecular weight excluding hydrogens is 446 g/mol. The molecule has 0 aliphatic carbocycles. The van der Waals surface area contributed by atoms with E-state index in [-0.39, 0.29) is 53.5 Å². The lowest BCUT2D eigenvalue weighted by molar-refractivity contribution is -0.136. The van der Waals surface area contributed by atoms with E-state index in [4.69, 9.17) is 16.7 Å².